The molecule has 0 spiro atoms. The van der Waals surface area contributed by atoms with Gasteiger partial charge in [0.15, 0.2) is 0 Å². The van der Waals surface area contributed by atoms with E-state index in [0.29, 0.717) is 0 Å². The Kier molecular flexibility index (Phi) is 3.35. The summed E-state index contributed by atoms with van der Waals surface area (Å²) in [5.41, 5.74) is 1.47. The minimum atomic E-state index is 0.173. The van der Waals surface area contributed by atoms with Gasteiger partial charge < -0.3 is 5.32 Å². The number of nitrogens with zero attached hydrogens (tertiary/aromatic N) is 2. The summed E-state index contributed by atoms with van der Waals surface area (Å²) in [6.45, 7) is 12.2. The van der Waals surface area contributed by atoms with Gasteiger partial charge in [-0.1, -0.05) is 12.1 Å². The zero-order valence-electron chi connectivity index (χ0n) is 12.7. The van der Waals surface area contributed by atoms with Crippen molar-refractivity contribution in [2.45, 2.75) is 45.3 Å². The van der Waals surface area contributed by atoms with E-state index in [2.05, 4.69) is 62.2 Å². The molecule has 0 radical (unpaired) electrons. The van der Waals surface area contributed by atoms with Crippen molar-refractivity contribution in [2.24, 2.45) is 0 Å². The first-order valence-electron chi connectivity index (χ1n) is 7.20. The van der Waals surface area contributed by atoms with Gasteiger partial charge in [0.1, 0.15) is 5.01 Å². The molecule has 0 atom stereocenters. The third kappa shape index (κ3) is 2.73. The monoisotopic (exact) mass is 289 g/mol. The highest BCUT2D eigenvalue weighted by Crippen LogP contribution is 2.28. The summed E-state index contributed by atoms with van der Waals surface area (Å²) in [6, 6.07) is 8.40. The summed E-state index contributed by atoms with van der Waals surface area (Å²) >= 11 is 1.82. The lowest BCUT2D eigenvalue weighted by molar-refractivity contribution is 0.0324. The van der Waals surface area contributed by atoms with E-state index in [9.17, 15) is 0 Å². The Morgan fingerprint density at radius 2 is 2.00 bits per heavy atom. The van der Waals surface area contributed by atoms with E-state index >= 15 is 0 Å². The lowest BCUT2D eigenvalue weighted by Crippen LogP contribution is -2.65. The molecule has 4 heteroatoms. The number of rotatable bonds is 2. The highest BCUT2D eigenvalue weighted by Gasteiger charge is 2.37. The van der Waals surface area contributed by atoms with Crippen LogP contribution in [0, 0.1) is 0 Å². The molecule has 0 unspecified atom stereocenters. The van der Waals surface area contributed by atoms with E-state index in [1.54, 1.807) is 0 Å². The second kappa shape index (κ2) is 4.79. The number of benzene rings is 1. The minimum absolute atomic E-state index is 0.173. The van der Waals surface area contributed by atoms with Crippen LogP contribution in [0.2, 0.25) is 0 Å². The van der Waals surface area contributed by atoms with Crippen LogP contribution in [0.1, 0.15) is 32.7 Å². The predicted octanol–water partition coefficient (Wildman–Crippen LogP) is 3.26. The number of thiazole rings is 1. The zero-order chi connectivity index (χ0) is 14.4. The number of fused-ring (bicyclic) bond motifs is 1. The molecule has 1 aromatic heterocycles. The van der Waals surface area contributed by atoms with Crippen LogP contribution >= 0.6 is 11.3 Å². The van der Waals surface area contributed by atoms with Crippen LogP contribution in [-0.4, -0.2) is 34.1 Å². The number of nitrogens with one attached hydrogen (secondary N) is 1. The smallest absolute Gasteiger partial charge is 0.108 e. The normalized spacial score (nSPS) is 22.2. The van der Waals surface area contributed by atoms with Crippen LogP contribution in [0.25, 0.3) is 10.2 Å². The van der Waals surface area contributed by atoms with Gasteiger partial charge >= 0.3 is 0 Å². The Labute approximate surface area is 125 Å². The van der Waals surface area contributed by atoms with Gasteiger partial charge in [-0.15, -0.1) is 11.3 Å². The molecule has 1 N–H and O–H groups in total. The number of hydrogen-bond donors (Lipinski definition) is 1. The van der Waals surface area contributed by atoms with E-state index in [1.807, 2.05) is 11.3 Å². The maximum absolute atomic E-state index is 4.78. The van der Waals surface area contributed by atoms with Gasteiger partial charge in [-0.05, 0) is 39.8 Å². The number of piperazine rings is 1. The summed E-state index contributed by atoms with van der Waals surface area (Å²) in [7, 11) is 0. The van der Waals surface area contributed by atoms with Crippen LogP contribution in [-0.2, 0) is 6.54 Å². The third-order valence-electron chi connectivity index (χ3n) is 4.11. The molecule has 2 aromatic rings. The van der Waals surface area contributed by atoms with Crippen molar-refractivity contribution in [1.82, 2.24) is 15.2 Å². The third-order valence-corrected chi connectivity index (χ3v) is 5.13. The lowest BCUT2D eigenvalue weighted by atomic mass is 9.91. The van der Waals surface area contributed by atoms with Crippen molar-refractivity contribution in [3.8, 4) is 0 Å². The molecule has 108 valence electrons. The predicted molar refractivity (Wildman–Crippen MR) is 86.2 cm³/mol. The highest BCUT2D eigenvalue weighted by molar-refractivity contribution is 7.18. The van der Waals surface area contributed by atoms with Crippen LogP contribution in [0.3, 0.4) is 0 Å². The molecular weight excluding hydrogens is 266 g/mol. The first-order chi connectivity index (χ1) is 9.36. The van der Waals surface area contributed by atoms with E-state index in [4.69, 9.17) is 4.98 Å². The molecule has 1 fully saturated rings. The Hall–Kier alpha value is -0.970. The summed E-state index contributed by atoms with van der Waals surface area (Å²) in [5.74, 6) is 0. The average Bonchev–Trinajstić information content (AvgIpc) is 2.76. The van der Waals surface area contributed by atoms with Gasteiger partial charge in [-0.25, -0.2) is 4.98 Å². The van der Waals surface area contributed by atoms with E-state index in [0.717, 1.165) is 25.2 Å². The number of para-hydroxylation sites is 1. The van der Waals surface area contributed by atoms with Gasteiger partial charge in [-0.3, -0.25) is 4.90 Å². The maximum Gasteiger partial charge on any atom is 0.108 e. The van der Waals surface area contributed by atoms with Gasteiger partial charge in [0, 0.05) is 24.2 Å². The second-order valence-electron chi connectivity index (χ2n) is 6.98. The summed E-state index contributed by atoms with van der Waals surface area (Å²) in [4.78, 5) is 7.33. The standard InChI is InChI=1S/C16H23N3S/c1-15(2)11-19(16(3,4)10-17-15)9-14-18-12-7-5-6-8-13(12)20-14/h5-8,17H,9-11H2,1-4H3. The Balaban J connectivity index is 1.84. The van der Waals surface area contributed by atoms with Crippen LogP contribution in [0.4, 0.5) is 0 Å². The van der Waals surface area contributed by atoms with Crippen molar-refractivity contribution in [1.29, 1.82) is 0 Å². The molecule has 1 saturated heterocycles. The Morgan fingerprint density at radius 1 is 1.25 bits per heavy atom. The molecule has 1 aliphatic heterocycles. The van der Waals surface area contributed by atoms with Crippen LogP contribution in [0.5, 0.6) is 0 Å². The number of hydrogen-bond acceptors (Lipinski definition) is 4. The van der Waals surface area contributed by atoms with Crippen molar-refractivity contribution in [3.63, 3.8) is 0 Å². The largest absolute Gasteiger partial charge is 0.309 e. The number of aromatic nitrogens is 1. The first-order valence-corrected chi connectivity index (χ1v) is 8.02. The molecule has 1 aliphatic rings. The molecule has 0 bridgehead atoms. The minimum Gasteiger partial charge on any atom is -0.309 e. The molecule has 1 aromatic carbocycles. The van der Waals surface area contributed by atoms with Crippen molar-refractivity contribution >= 4 is 21.6 Å². The molecule has 0 saturated carbocycles. The molecule has 3 rings (SSSR count). The SMILES string of the molecule is CC1(C)CN(Cc2nc3ccccc3s2)C(C)(C)CN1. The fraction of sp³-hybridized carbons (Fsp3) is 0.562. The fourth-order valence-corrected chi connectivity index (χ4v) is 3.72. The van der Waals surface area contributed by atoms with E-state index in [-0.39, 0.29) is 11.1 Å². The van der Waals surface area contributed by atoms with Crippen molar-refractivity contribution in [3.05, 3.63) is 29.3 Å². The van der Waals surface area contributed by atoms with Crippen LogP contribution < -0.4 is 5.32 Å². The molecule has 3 nitrogen and oxygen atoms in total. The topological polar surface area (TPSA) is 28.2 Å². The van der Waals surface area contributed by atoms with Gasteiger partial charge in [0.25, 0.3) is 0 Å². The fourth-order valence-electron chi connectivity index (χ4n) is 2.74. The molecule has 20 heavy (non-hydrogen) atoms. The highest BCUT2D eigenvalue weighted by atomic mass is 32.1. The van der Waals surface area contributed by atoms with E-state index in [1.165, 1.54) is 9.71 Å². The Bertz CT molecular complexity index is 582. The molecule has 2 heterocycles. The van der Waals surface area contributed by atoms with Gasteiger partial charge in [0.05, 0.1) is 16.8 Å². The Morgan fingerprint density at radius 3 is 2.75 bits per heavy atom. The molecule has 0 amide bonds. The summed E-state index contributed by atoms with van der Waals surface area (Å²) < 4.78 is 1.29. The maximum atomic E-state index is 4.78. The van der Waals surface area contributed by atoms with Crippen LogP contribution in [0.15, 0.2) is 24.3 Å². The summed E-state index contributed by atoms with van der Waals surface area (Å²) in [6.07, 6.45) is 0. The summed E-state index contributed by atoms with van der Waals surface area (Å²) in [5, 5.41) is 4.85. The quantitative estimate of drug-likeness (QED) is 0.920. The van der Waals surface area contributed by atoms with Crippen molar-refractivity contribution in [2.75, 3.05) is 13.1 Å². The first kappa shape index (κ1) is 14.0. The second-order valence-corrected chi connectivity index (χ2v) is 8.10. The molecular formula is C16H23N3S. The lowest BCUT2D eigenvalue weighted by Gasteiger charge is -2.49. The zero-order valence-corrected chi connectivity index (χ0v) is 13.5. The van der Waals surface area contributed by atoms with Gasteiger partial charge in [0.2, 0.25) is 0 Å². The van der Waals surface area contributed by atoms with Crippen molar-refractivity contribution < 1.29 is 0 Å². The molecule has 0 aliphatic carbocycles. The van der Waals surface area contributed by atoms with Gasteiger partial charge in [-0.2, -0.15) is 0 Å². The van der Waals surface area contributed by atoms with E-state index < -0.39 is 0 Å². The average molecular weight is 289 g/mol.